The lowest BCUT2D eigenvalue weighted by Gasteiger charge is -2.24. The molecule has 1 aliphatic carbocycles. The minimum Gasteiger partial charge on any atom is -0.371 e. The Hall–Kier alpha value is -2.82. The molecular weight excluding hydrogens is 314 g/mol. The van der Waals surface area contributed by atoms with Gasteiger partial charge in [0, 0.05) is 22.7 Å². The molecule has 0 aliphatic heterocycles. The van der Waals surface area contributed by atoms with Crippen molar-refractivity contribution < 1.29 is 4.92 Å². The number of aromatic nitrogens is 1. The first kappa shape index (κ1) is 15.7. The highest BCUT2D eigenvalue weighted by Crippen LogP contribution is 2.39. The van der Waals surface area contributed by atoms with Crippen LogP contribution >= 0.6 is 0 Å². The van der Waals surface area contributed by atoms with Crippen LogP contribution in [0.2, 0.25) is 0 Å². The first-order valence-electron chi connectivity index (χ1n) is 8.66. The highest BCUT2D eigenvalue weighted by atomic mass is 16.6. The first-order valence-corrected chi connectivity index (χ1v) is 8.66. The number of rotatable bonds is 3. The number of anilines is 1. The van der Waals surface area contributed by atoms with Gasteiger partial charge in [0.1, 0.15) is 5.69 Å². The van der Waals surface area contributed by atoms with Crippen LogP contribution in [-0.4, -0.2) is 9.91 Å². The molecule has 1 unspecified atom stereocenters. The molecule has 0 saturated carbocycles. The Balaban J connectivity index is 1.78. The molecule has 1 heterocycles. The van der Waals surface area contributed by atoms with E-state index in [9.17, 15) is 10.1 Å². The maximum absolute atomic E-state index is 11.3. The van der Waals surface area contributed by atoms with Crippen LogP contribution in [0.4, 0.5) is 11.4 Å². The average Bonchev–Trinajstić information content (AvgIpc) is 2.95. The minimum absolute atomic E-state index is 0.0666. The van der Waals surface area contributed by atoms with Crippen molar-refractivity contribution in [2.75, 3.05) is 5.32 Å². The lowest BCUT2D eigenvalue weighted by molar-refractivity contribution is -0.384. The molecule has 5 heteroatoms. The fourth-order valence-corrected chi connectivity index (χ4v) is 4.01. The Labute approximate surface area is 146 Å². The Bertz CT molecular complexity index is 974. The molecule has 2 N–H and O–H groups in total. The molecule has 1 aliphatic rings. The van der Waals surface area contributed by atoms with Gasteiger partial charge in [-0.2, -0.15) is 0 Å². The Morgan fingerprint density at radius 1 is 1.24 bits per heavy atom. The van der Waals surface area contributed by atoms with Gasteiger partial charge < -0.3 is 10.3 Å². The number of nitrogens with one attached hydrogen (secondary N) is 2. The van der Waals surface area contributed by atoms with Gasteiger partial charge in [0.05, 0.1) is 11.0 Å². The van der Waals surface area contributed by atoms with Crippen LogP contribution in [0.1, 0.15) is 41.3 Å². The molecule has 0 saturated heterocycles. The summed E-state index contributed by atoms with van der Waals surface area (Å²) in [4.78, 5) is 14.6. The van der Waals surface area contributed by atoms with Crippen molar-refractivity contribution in [3.05, 3.63) is 68.9 Å². The van der Waals surface area contributed by atoms with E-state index in [1.807, 2.05) is 6.07 Å². The maximum atomic E-state index is 11.3. The van der Waals surface area contributed by atoms with E-state index in [2.05, 4.69) is 36.3 Å². The van der Waals surface area contributed by atoms with Gasteiger partial charge in [-0.3, -0.25) is 10.1 Å². The lowest BCUT2D eigenvalue weighted by Crippen LogP contribution is -2.17. The SMILES string of the molecule is Cc1cc(C)c2[nH]c3c(c2c1)CCCC3Nc1ccccc1[N+](=O)[O-]. The monoisotopic (exact) mass is 335 g/mol. The summed E-state index contributed by atoms with van der Waals surface area (Å²) in [7, 11) is 0. The van der Waals surface area contributed by atoms with Crippen LogP contribution in [0, 0.1) is 24.0 Å². The number of fused-ring (bicyclic) bond motifs is 3. The molecule has 0 spiro atoms. The number of para-hydroxylation sites is 2. The Morgan fingerprint density at radius 3 is 2.84 bits per heavy atom. The van der Waals surface area contributed by atoms with E-state index >= 15 is 0 Å². The normalized spacial score (nSPS) is 16.6. The number of aromatic amines is 1. The molecule has 2 aromatic carbocycles. The summed E-state index contributed by atoms with van der Waals surface area (Å²) < 4.78 is 0. The maximum Gasteiger partial charge on any atom is 0.292 e. The molecule has 1 atom stereocenters. The highest BCUT2D eigenvalue weighted by molar-refractivity contribution is 5.88. The standard InChI is InChI=1S/C20H21N3O2/c1-12-10-13(2)19-15(11-12)14-6-5-8-17(20(14)22-19)21-16-7-3-4-9-18(16)23(24)25/h3-4,7,9-11,17,21-22H,5-6,8H2,1-2H3. The molecular formula is C20H21N3O2. The third kappa shape index (κ3) is 2.65. The molecule has 4 rings (SSSR count). The second-order valence-corrected chi connectivity index (χ2v) is 6.89. The van der Waals surface area contributed by atoms with Crippen LogP contribution in [0.15, 0.2) is 36.4 Å². The van der Waals surface area contributed by atoms with Crippen molar-refractivity contribution in [2.24, 2.45) is 0 Å². The van der Waals surface area contributed by atoms with Gasteiger partial charge >= 0.3 is 0 Å². The number of aryl methyl sites for hydroxylation is 3. The summed E-state index contributed by atoms with van der Waals surface area (Å²) in [5.74, 6) is 0. The fourth-order valence-electron chi connectivity index (χ4n) is 4.01. The second kappa shape index (κ2) is 5.92. The molecule has 0 bridgehead atoms. The Morgan fingerprint density at radius 2 is 2.04 bits per heavy atom. The van der Waals surface area contributed by atoms with E-state index in [1.54, 1.807) is 18.2 Å². The topological polar surface area (TPSA) is 71.0 Å². The molecule has 5 nitrogen and oxygen atoms in total. The summed E-state index contributed by atoms with van der Waals surface area (Å²) in [5.41, 5.74) is 6.92. The summed E-state index contributed by atoms with van der Waals surface area (Å²) in [6, 6.07) is 11.4. The minimum atomic E-state index is -0.329. The van der Waals surface area contributed by atoms with Crippen LogP contribution in [0.3, 0.4) is 0 Å². The molecule has 3 aromatic rings. The zero-order valence-corrected chi connectivity index (χ0v) is 14.4. The van der Waals surface area contributed by atoms with Gasteiger partial charge in [0.2, 0.25) is 0 Å². The number of H-pyrrole nitrogens is 1. The van der Waals surface area contributed by atoms with Crippen LogP contribution < -0.4 is 5.32 Å². The van der Waals surface area contributed by atoms with Gasteiger partial charge in [-0.15, -0.1) is 0 Å². The smallest absolute Gasteiger partial charge is 0.292 e. The van der Waals surface area contributed by atoms with E-state index in [-0.39, 0.29) is 16.7 Å². The quantitative estimate of drug-likeness (QED) is 0.511. The zero-order valence-electron chi connectivity index (χ0n) is 14.4. The number of hydrogen-bond acceptors (Lipinski definition) is 3. The van der Waals surface area contributed by atoms with Crippen LogP contribution in [-0.2, 0) is 6.42 Å². The molecule has 0 fully saturated rings. The molecule has 128 valence electrons. The highest BCUT2D eigenvalue weighted by Gasteiger charge is 2.26. The number of nitro benzene ring substituents is 1. The number of nitro groups is 1. The van der Waals surface area contributed by atoms with Gasteiger partial charge in [0.25, 0.3) is 5.69 Å². The molecule has 0 amide bonds. The predicted octanol–water partition coefficient (Wildman–Crippen LogP) is 5.18. The Kier molecular flexibility index (Phi) is 3.71. The first-order chi connectivity index (χ1) is 12.0. The van der Waals surface area contributed by atoms with Crippen LogP contribution in [0.25, 0.3) is 10.9 Å². The van der Waals surface area contributed by atoms with Crippen molar-refractivity contribution in [2.45, 2.75) is 39.2 Å². The summed E-state index contributed by atoms with van der Waals surface area (Å²) in [6.45, 7) is 4.25. The third-order valence-electron chi connectivity index (χ3n) is 5.09. The number of hydrogen-bond donors (Lipinski definition) is 2. The van der Waals surface area contributed by atoms with E-state index in [0.29, 0.717) is 5.69 Å². The third-order valence-corrected chi connectivity index (χ3v) is 5.09. The van der Waals surface area contributed by atoms with E-state index in [1.165, 1.54) is 33.3 Å². The molecule has 25 heavy (non-hydrogen) atoms. The summed E-state index contributed by atoms with van der Waals surface area (Å²) in [5, 5.41) is 16.0. The number of nitrogens with zero attached hydrogens (tertiary/aromatic N) is 1. The molecule has 1 aromatic heterocycles. The van der Waals surface area contributed by atoms with Gasteiger partial charge in [-0.1, -0.05) is 23.8 Å². The van der Waals surface area contributed by atoms with E-state index in [0.717, 1.165) is 19.3 Å². The van der Waals surface area contributed by atoms with Gasteiger partial charge in [-0.05, 0) is 56.4 Å². The molecule has 0 radical (unpaired) electrons. The van der Waals surface area contributed by atoms with Crippen LogP contribution in [0.5, 0.6) is 0 Å². The van der Waals surface area contributed by atoms with Crippen molar-refractivity contribution in [1.29, 1.82) is 0 Å². The van der Waals surface area contributed by atoms with Crippen molar-refractivity contribution >= 4 is 22.3 Å². The predicted molar refractivity (Wildman–Crippen MR) is 100 cm³/mol. The second-order valence-electron chi connectivity index (χ2n) is 6.89. The van der Waals surface area contributed by atoms with Gasteiger partial charge in [-0.25, -0.2) is 0 Å². The summed E-state index contributed by atoms with van der Waals surface area (Å²) in [6.07, 6.45) is 3.09. The summed E-state index contributed by atoms with van der Waals surface area (Å²) >= 11 is 0. The van der Waals surface area contributed by atoms with Gasteiger partial charge in [0.15, 0.2) is 0 Å². The number of benzene rings is 2. The largest absolute Gasteiger partial charge is 0.371 e. The van der Waals surface area contributed by atoms with E-state index in [4.69, 9.17) is 0 Å². The zero-order chi connectivity index (χ0) is 17.6. The van der Waals surface area contributed by atoms with Crippen molar-refractivity contribution in [1.82, 2.24) is 4.98 Å². The van der Waals surface area contributed by atoms with E-state index < -0.39 is 0 Å². The van der Waals surface area contributed by atoms with Crippen molar-refractivity contribution in [3.63, 3.8) is 0 Å². The van der Waals surface area contributed by atoms with Crippen molar-refractivity contribution in [3.8, 4) is 0 Å². The lowest BCUT2D eigenvalue weighted by atomic mass is 9.91. The fraction of sp³-hybridized carbons (Fsp3) is 0.300. The average molecular weight is 335 g/mol.